The summed E-state index contributed by atoms with van der Waals surface area (Å²) in [5, 5.41) is 0. The van der Waals surface area contributed by atoms with Gasteiger partial charge in [-0.05, 0) is 19.4 Å². The zero-order chi connectivity index (χ0) is 10.0. The number of rotatable bonds is 2. The minimum Gasteiger partial charge on any atom is -0.461 e. The molecule has 1 aromatic heterocycles. The van der Waals surface area contributed by atoms with E-state index in [2.05, 4.69) is 0 Å². The lowest BCUT2D eigenvalue weighted by atomic mass is 10.3. The van der Waals surface area contributed by atoms with E-state index >= 15 is 0 Å². The van der Waals surface area contributed by atoms with Gasteiger partial charge >= 0.3 is 5.97 Å². The van der Waals surface area contributed by atoms with Crippen molar-refractivity contribution in [3.8, 4) is 0 Å². The predicted octanol–water partition coefficient (Wildman–Crippen LogP) is 1.09. The van der Waals surface area contributed by atoms with Crippen molar-refractivity contribution in [1.82, 2.24) is 4.57 Å². The molecule has 0 atom stereocenters. The van der Waals surface area contributed by atoms with E-state index in [0.29, 0.717) is 18.0 Å². The van der Waals surface area contributed by atoms with Crippen LogP contribution in [0.2, 0.25) is 0 Å². The standard InChI is InChI=1S/C9H14N2O2/c1-4-13-9(12)8-7(10)6(2)5-11(8)3/h5H,4,10H2,1-3H3. The summed E-state index contributed by atoms with van der Waals surface area (Å²) < 4.78 is 6.55. The van der Waals surface area contributed by atoms with Gasteiger partial charge in [-0.1, -0.05) is 0 Å². The second kappa shape index (κ2) is 3.51. The van der Waals surface area contributed by atoms with Gasteiger partial charge in [0.2, 0.25) is 0 Å². The van der Waals surface area contributed by atoms with Crippen molar-refractivity contribution in [1.29, 1.82) is 0 Å². The predicted molar refractivity (Wildman–Crippen MR) is 50.5 cm³/mol. The first-order valence-electron chi connectivity index (χ1n) is 4.16. The van der Waals surface area contributed by atoms with Crippen molar-refractivity contribution < 1.29 is 9.53 Å². The molecule has 1 rings (SSSR count). The van der Waals surface area contributed by atoms with E-state index in [4.69, 9.17) is 10.5 Å². The number of hydrogen-bond donors (Lipinski definition) is 1. The molecule has 0 aliphatic rings. The van der Waals surface area contributed by atoms with Crippen molar-refractivity contribution in [3.05, 3.63) is 17.5 Å². The first-order chi connectivity index (χ1) is 6.07. The average Bonchev–Trinajstić information content (AvgIpc) is 2.27. The first kappa shape index (κ1) is 9.64. The smallest absolute Gasteiger partial charge is 0.357 e. The van der Waals surface area contributed by atoms with E-state index < -0.39 is 0 Å². The number of aryl methyl sites for hydroxylation is 2. The number of esters is 1. The number of nitrogen functional groups attached to an aromatic ring is 1. The van der Waals surface area contributed by atoms with Crippen LogP contribution < -0.4 is 5.73 Å². The molecule has 0 bridgehead atoms. The molecule has 1 aromatic rings. The van der Waals surface area contributed by atoms with E-state index in [1.807, 2.05) is 13.1 Å². The fourth-order valence-corrected chi connectivity index (χ4v) is 1.25. The quantitative estimate of drug-likeness (QED) is 0.696. The van der Waals surface area contributed by atoms with Gasteiger partial charge in [0.15, 0.2) is 5.69 Å². The highest BCUT2D eigenvalue weighted by atomic mass is 16.5. The van der Waals surface area contributed by atoms with Crippen LogP contribution in [0.3, 0.4) is 0 Å². The fourth-order valence-electron chi connectivity index (χ4n) is 1.25. The van der Waals surface area contributed by atoms with Gasteiger partial charge in [0.05, 0.1) is 12.3 Å². The van der Waals surface area contributed by atoms with Crippen LogP contribution in [-0.4, -0.2) is 17.1 Å². The first-order valence-corrected chi connectivity index (χ1v) is 4.16. The van der Waals surface area contributed by atoms with Crippen LogP contribution >= 0.6 is 0 Å². The van der Waals surface area contributed by atoms with Crippen LogP contribution in [0.15, 0.2) is 6.20 Å². The largest absolute Gasteiger partial charge is 0.461 e. The molecular weight excluding hydrogens is 168 g/mol. The monoisotopic (exact) mass is 182 g/mol. The Hall–Kier alpha value is -1.45. The number of carbonyl (C=O) groups excluding carboxylic acids is 1. The number of ether oxygens (including phenoxy) is 1. The lowest BCUT2D eigenvalue weighted by molar-refractivity contribution is 0.0516. The van der Waals surface area contributed by atoms with E-state index in [0.717, 1.165) is 5.56 Å². The Morgan fingerprint density at radius 1 is 1.69 bits per heavy atom. The summed E-state index contributed by atoms with van der Waals surface area (Å²) in [5.41, 5.74) is 7.54. The Balaban J connectivity index is 3.06. The summed E-state index contributed by atoms with van der Waals surface area (Å²) in [6.07, 6.45) is 1.81. The highest BCUT2D eigenvalue weighted by Gasteiger charge is 2.16. The Labute approximate surface area is 77.3 Å². The van der Waals surface area contributed by atoms with Gasteiger partial charge in [-0.3, -0.25) is 0 Å². The number of anilines is 1. The van der Waals surface area contributed by atoms with Gasteiger partial charge in [0, 0.05) is 13.2 Å². The maximum atomic E-state index is 11.4. The number of hydrogen-bond acceptors (Lipinski definition) is 3. The minimum absolute atomic E-state index is 0.364. The zero-order valence-corrected chi connectivity index (χ0v) is 8.13. The van der Waals surface area contributed by atoms with Crippen molar-refractivity contribution in [2.75, 3.05) is 12.3 Å². The Morgan fingerprint density at radius 2 is 2.31 bits per heavy atom. The molecule has 2 N–H and O–H groups in total. The molecule has 4 heteroatoms. The molecule has 0 saturated heterocycles. The number of aromatic nitrogens is 1. The molecular formula is C9H14N2O2. The van der Waals surface area contributed by atoms with Gasteiger partial charge in [0.25, 0.3) is 0 Å². The van der Waals surface area contributed by atoms with Crippen molar-refractivity contribution in [2.24, 2.45) is 7.05 Å². The van der Waals surface area contributed by atoms with Gasteiger partial charge in [0.1, 0.15) is 0 Å². The molecule has 0 aliphatic heterocycles. The number of nitrogens with two attached hydrogens (primary N) is 1. The third-order valence-electron chi connectivity index (χ3n) is 1.89. The molecule has 72 valence electrons. The van der Waals surface area contributed by atoms with Crippen LogP contribution in [0, 0.1) is 6.92 Å². The number of nitrogens with zero attached hydrogens (tertiary/aromatic N) is 1. The molecule has 0 aromatic carbocycles. The van der Waals surface area contributed by atoms with E-state index in [1.165, 1.54) is 0 Å². The van der Waals surface area contributed by atoms with Crippen LogP contribution in [0.5, 0.6) is 0 Å². The molecule has 4 nitrogen and oxygen atoms in total. The fraction of sp³-hybridized carbons (Fsp3) is 0.444. The van der Waals surface area contributed by atoms with Gasteiger partial charge in [-0.25, -0.2) is 4.79 Å². The van der Waals surface area contributed by atoms with Crippen LogP contribution in [0.4, 0.5) is 5.69 Å². The second-order valence-corrected chi connectivity index (χ2v) is 2.91. The van der Waals surface area contributed by atoms with E-state index in [-0.39, 0.29) is 5.97 Å². The average molecular weight is 182 g/mol. The van der Waals surface area contributed by atoms with Crippen molar-refractivity contribution in [3.63, 3.8) is 0 Å². The normalized spacial score (nSPS) is 10.1. The molecule has 13 heavy (non-hydrogen) atoms. The molecule has 0 radical (unpaired) electrons. The van der Waals surface area contributed by atoms with Gasteiger partial charge in [-0.2, -0.15) is 0 Å². The molecule has 0 saturated carbocycles. The summed E-state index contributed by atoms with van der Waals surface area (Å²) in [7, 11) is 1.77. The Bertz CT molecular complexity index is 329. The van der Waals surface area contributed by atoms with Crippen LogP contribution in [-0.2, 0) is 11.8 Å². The summed E-state index contributed by atoms with van der Waals surface area (Å²) in [6, 6.07) is 0. The maximum Gasteiger partial charge on any atom is 0.357 e. The topological polar surface area (TPSA) is 57.2 Å². The molecule has 0 aliphatic carbocycles. The third-order valence-corrected chi connectivity index (χ3v) is 1.89. The second-order valence-electron chi connectivity index (χ2n) is 2.91. The molecule has 0 unspecified atom stereocenters. The third kappa shape index (κ3) is 1.66. The molecule has 0 fully saturated rings. The lowest BCUT2D eigenvalue weighted by Crippen LogP contribution is -2.11. The van der Waals surface area contributed by atoms with Crippen LogP contribution in [0.25, 0.3) is 0 Å². The van der Waals surface area contributed by atoms with Crippen molar-refractivity contribution >= 4 is 11.7 Å². The highest BCUT2D eigenvalue weighted by molar-refractivity contribution is 5.94. The highest BCUT2D eigenvalue weighted by Crippen LogP contribution is 2.18. The minimum atomic E-state index is -0.365. The zero-order valence-electron chi connectivity index (χ0n) is 8.13. The summed E-state index contributed by atoms with van der Waals surface area (Å²) in [5.74, 6) is -0.365. The van der Waals surface area contributed by atoms with Crippen LogP contribution in [0.1, 0.15) is 23.0 Å². The molecule has 1 heterocycles. The summed E-state index contributed by atoms with van der Waals surface area (Å²) >= 11 is 0. The lowest BCUT2D eigenvalue weighted by Gasteiger charge is -2.03. The SMILES string of the molecule is CCOC(=O)c1c(N)c(C)cn1C. The van der Waals surface area contributed by atoms with Crippen molar-refractivity contribution in [2.45, 2.75) is 13.8 Å². The van der Waals surface area contributed by atoms with E-state index in [1.54, 1.807) is 18.5 Å². The number of carbonyl (C=O) groups is 1. The molecule has 0 spiro atoms. The Kier molecular flexibility index (Phi) is 2.60. The van der Waals surface area contributed by atoms with Gasteiger partial charge < -0.3 is 15.0 Å². The maximum absolute atomic E-state index is 11.4. The van der Waals surface area contributed by atoms with E-state index in [9.17, 15) is 4.79 Å². The Morgan fingerprint density at radius 3 is 2.69 bits per heavy atom. The van der Waals surface area contributed by atoms with Gasteiger partial charge in [-0.15, -0.1) is 0 Å². The molecule has 0 amide bonds. The summed E-state index contributed by atoms with van der Waals surface area (Å²) in [4.78, 5) is 11.4. The summed E-state index contributed by atoms with van der Waals surface area (Å²) in [6.45, 7) is 3.99.